The lowest BCUT2D eigenvalue weighted by Gasteiger charge is -2.12. The Bertz CT molecular complexity index is 1330. The van der Waals surface area contributed by atoms with Gasteiger partial charge in [0, 0.05) is 22.0 Å². The van der Waals surface area contributed by atoms with Gasteiger partial charge in [0.15, 0.2) is 12.4 Å². The van der Waals surface area contributed by atoms with E-state index in [0.717, 1.165) is 4.47 Å². The number of carbonyl (C=O) groups excluding carboxylic acids is 1. The van der Waals surface area contributed by atoms with E-state index in [1.54, 1.807) is 32.0 Å². The quantitative estimate of drug-likeness (QED) is 0.183. The van der Waals surface area contributed by atoms with Crippen LogP contribution in [0.4, 0.5) is 5.69 Å². The smallest absolute Gasteiger partial charge is 0.344 e. The molecule has 0 radical (unpaired) electrons. The van der Waals surface area contributed by atoms with Gasteiger partial charge in [0.1, 0.15) is 5.82 Å². The molecule has 0 N–H and O–H groups in total. The first-order valence-electron chi connectivity index (χ1n) is 10.4. The van der Waals surface area contributed by atoms with Crippen LogP contribution in [0.15, 0.2) is 50.8 Å². The Morgan fingerprint density at radius 2 is 1.97 bits per heavy atom. The van der Waals surface area contributed by atoms with E-state index in [9.17, 15) is 19.7 Å². The van der Waals surface area contributed by atoms with Gasteiger partial charge in [0.05, 0.1) is 28.1 Å². The number of fused-ring (bicyclic) bond motifs is 1. The molecule has 0 bridgehead atoms. The molecule has 2 aromatic carbocycles. The predicted molar refractivity (Wildman–Crippen MR) is 131 cm³/mol. The Balaban J connectivity index is 1.96. The molecule has 0 fully saturated rings. The maximum absolute atomic E-state index is 13.1. The number of nitro groups is 1. The van der Waals surface area contributed by atoms with E-state index in [4.69, 9.17) is 9.47 Å². The van der Waals surface area contributed by atoms with Crippen LogP contribution in [-0.4, -0.2) is 39.5 Å². The summed E-state index contributed by atoms with van der Waals surface area (Å²) in [5, 5.41) is 16.2. The maximum atomic E-state index is 13.1. The highest BCUT2D eigenvalue weighted by atomic mass is 79.9. The Morgan fingerprint density at radius 1 is 1.24 bits per heavy atom. The van der Waals surface area contributed by atoms with Crippen LogP contribution in [0.5, 0.6) is 5.75 Å². The molecule has 3 rings (SSSR count). The summed E-state index contributed by atoms with van der Waals surface area (Å²) in [5.74, 6) is -0.367. The zero-order valence-electron chi connectivity index (χ0n) is 19.0. The topological polar surface area (TPSA) is 126 Å². The third kappa shape index (κ3) is 5.84. The van der Waals surface area contributed by atoms with Gasteiger partial charge in [0.25, 0.3) is 5.56 Å². The van der Waals surface area contributed by atoms with E-state index in [1.807, 2.05) is 13.8 Å². The molecule has 10 nitrogen and oxygen atoms in total. The molecular formula is C23H23BrN4O6. The van der Waals surface area contributed by atoms with E-state index in [1.165, 1.54) is 29.1 Å². The molecule has 0 saturated heterocycles. The molecule has 11 heteroatoms. The van der Waals surface area contributed by atoms with E-state index in [0.29, 0.717) is 22.3 Å². The van der Waals surface area contributed by atoms with Gasteiger partial charge in [-0.2, -0.15) is 9.78 Å². The molecule has 0 aliphatic rings. The van der Waals surface area contributed by atoms with Crippen molar-refractivity contribution in [3.63, 3.8) is 0 Å². The Labute approximate surface area is 203 Å². The van der Waals surface area contributed by atoms with Crippen LogP contribution in [0, 0.1) is 10.1 Å². The highest BCUT2D eigenvalue weighted by Gasteiger charge is 2.18. The van der Waals surface area contributed by atoms with Crippen LogP contribution in [0.25, 0.3) is 10.9 Å². The summed E-state index contributed by atoms with van der Waals surface area (Å²) in [4.78, 5) is 40.3. The van der Waals surface area contributed by atoms with E-state index in [-0.39, 0.29) is 29.0 Å². The highest BCUT2D eigenvalue weighted by Crippen LogP contribution is 2.27. The number of aromatic nitrogens is 2. The van der Waals surface area contributed by atoms with Crippen molar-refractivity contribution in [3.05, 3.63) is 72.7 Å². The lowest BCUT2D eigenvalue weighted by atomic mass is 10.2. The second kappa shape index (κ2) is 10.6. The highest BCUT2D eigenvalue weighted by molar-refractivity contribution is 9.10. The van der Waals surface area contributed by atoms with Crippen molar-refractivity contribution in [2.45, 2.75) is 39.7 Å². The number of halogens is 1. The number of nitrogens with zero attached hydrogens (tertiary/aromatic N) is 4. The molecular weight excluding hydrogens is 508 g/mol. The molecule has 1 aromatic heterocycles. The summed E-state index contributed by atoms with van der Waals surface area (Å²) in [6.07, 6.45) is 1.01. The van der Waals surface area contributed by atoms with Crippen molar-refractivity contribution in [3.8, 4) is 5.75 Å². The van der Waals surface area contributed by atoms with Crippen LogP contribution in [0.2, 0.25) is 0 Å². The van der Waals surface area contributed by atoms with Gasteiger partial charge in [-0.05, 0) is 44.2 Å². The molecule has 0 aliphatic carbocycles. The molecule has 0 unspecified atom stereocenters. The summed E-state index contributed by atoms with van der Waals surface area (Å²) < 4.78 is 12.2. The first-order chi connectivity index (χ1) is 16.1. The van der Waals surface area contributed by atoms with Crippen molar-refractivity contribution in [1.29, 1.82) is 0 Å². The van der Waals surface area contributed by atoms with Crippen molar-refractivity contribution in [2.75, 3.05) is 6.61 Å². The standard InChI is InChI=1S/C23H23BrN4O6/c1-13(2)22-26-18-7-6-16(24)10-17(18)23(30)27(22)25-11-15-5-8-20(19(9-15)28(31)32)33-12-21(29)34-14(3)4/h5-11,13-14H,12H2,1-4H3. The van der Waals surface area contributed by atoms with Gasteiger partial charge in [-0.25, -0.2) is 9.78 Å². The molecule has 0 atom stereocenters. The van der Waals surface area contributed by atoms with Crippen molar-refractivity contribution < 1.29 is 19.2 Å². The minimum Gasteiger partial charge on any atom is -0.475 e. The van der Waals surface area contributed by atoms with E-state index < -0.39 is 17.5 Å². The number of hydrogen-bond acceptors (Lipinski definition) is 8. The van der Waals surface area contributed by atoms with Gasteiger partial charge >= 0.3 is 11.7 Å². The molecule has 1 heterocycles. The molecule has 178 valence electrons. The lowest BCUT2D eigenvalue weighted by molar-refractivity contribution is -0.385. The Morgan fingerprint density at radius 3 is 2.62 bits per heavy atom. The van der Waals surface area contributed by atoms with Crippen LogP contribution in [0.1, 0.15) is 45.0 Å². The molecule has 0 aliphatic heterocycles. The number of esters is 1. The summed E-state index contributed by atoms with van der Waals surface area (Å²) in [6, 6.07) is 9.37. The van der Waals surface area contributed by atoms with Crippen LogP contribution in [-0.2, 0) is 9.53 Å². The zero-order valence-corrected chi connectivity index (χ0v) is 20.6. The van der Waals surface area contributed by atoms with Crippen molar-refractivity contribution in [1.82, 2.24) is 9.66 Å². The second-order valence-electron chi connectivity index (χ2n) is 7.96. The summed E-state index contributed by atoms with van der Waals surface area (Å²) in [7, 11) is 0. The SMILES string of the molecule is CC(C)OC(=O)COc1ccc(C=Nn2c(C(C)C)nc3ccc(Br)cc3c2=O)cc1[N+](=O)[O-]. The minimum atomic E-state index is -0.633. The lowest BCUT2D eigenvalue weighted by Crippen LogP contribution is -2.23. The normalized spacial score (nSPS) is 11.5. The first-order valence-corrected chi connectivity index (χ1v) is 11.2. The molecule has 0 saturated carbocycles. The fourth-order valence-electron chi connectivity index (χ4n) is 3.09. The molecule has 34 heavy (non-hydrogen) atoms. The monoisotopic (exact) mass is 530 g/mol. The number of rotatable bonds is 8. The Kier molecular flexibility index (Phi) is 7.77. The third-order valence-electron chi connectivity index (χ3n) is 4.56. The molecule has 0 spiro atoms. The second-order valence-corrected chi connectivity index (χ2v) is 8.87. The third-order valence-corrected chi connectivity index (χ3v) is 5.06. The minimum absolute atomic E-state index is 0.0832. The van der Waals surface area contributed by atoms with Crippen molar-refractivity contribution >= 4 is 44.7 Å². The molecule has 0 amide bonds. The van der Waals surface area contributed by atoms with Crippen LogP contribution in [0.3, 0.4) is 0 Å². The van der Waals surface area contributed by atoms with Gasteiger partial charge in [-0.15, -0.1) is 0 Å². The fraction of sp³-hybridized carbons (Fsp3) is 0.304. The Hall–Kier alpha value is -3.60. The zero-order chi connectivity index (χ0) is 25.0. The van der Waals surface area contributed by atoms with Crippen LogP contribution >= 0.6 is 15.9 Å². The van der Waals surface area contributed by atoms with Gasteiger partial charge < -0.3 is 9.47 Å². The fourth-order valence-corrected chi connectivity index (χ4v) is 3.45. The predicted octanol–water partition coefficient (Wildman–Crippen LogP) is 4.40. The average molecular weight is 531 g/mol. The summed E-state index contributed by atoms with van der Waals surface area (Å²) >= 11 is 3.36. The first kappa shape index (κ1) is 25.0. The van der Waals surface area contributed by atoms with E-state index in [2.05, 4.69) is 26.0 Å². The van der Waals surface area contributed by atoms with Gasteiger partial charge in [-0.3, -0.25) is 14.9 Å². The summed E-state index contributed by atoms with van der Waals surface area (Å²) in [5.41, 5.74) is 0.207. The number of ether oxygens (including phenoxy) is 2. The summed E-state index contributed by atoms with van der Waals surface area (Å²) in [6.45, 7) is 6.69. The molecule has 3 aromatic rings. The van der Waals surface area contributed by atoms with Crippen LogP contribution < -0.4 is 10.3 Å². The number of nitro benzene ring substituents is 1. The van der Waals surface area contributed by atoms with E-state index >= 15 is 0 Å². The average Bonchev–Trinajstić information content (AvgIpc) is 2.76. The number of carbonyl (C=O) groups is 1. The van der Waals surface area contributed by atoms with Gasteiger partial charge in [0.2, 0.25) is 0 Å². The number of hydrogen-bond donors (Lipinski definition) is 0. The largest absolute Gasteiger partial charge is 0.475 e. The van der Waals surface area contributed by atoms with Gasteiger partial charge in [-0.1, -0.05) is 29.8 Å². The maximum Gasteiger partial charge on any atom is 0.344 e. The number of benzene rings is 2. The van der Waals surface area contributed by atoms with Crippen molar-refractivity contribution in [2.24, 2.45) is 5.10 Å².